The Balaban J connectivity index is 1.81. The van der Waals surface area contributed by atoms with Crippen LogP contribution in [-0.2, 0) is 9.53 Å². The van der Waals surface area contributed by atoms with Crippen LogP contribution in [0.15, 0.2) is 39.5 Å². The summed E-state index contributed by atoms with van der Waals surface area (Å²) in [6.45, 7) is 5.48. The molecule has 1 saturated heterocycles. The van der Waals surface area contributed by atoms with Crippen LogP contribution >= 0.6 is 0 Å². The van der Waals surface area contributed by atoms with Crippen LogP contribution in [0.2, 0.25) is 0 Å². The Bertz CT molecular complexity index is 1240. The first kappa shape index (κ1) is 22.7. The number of benzene rings is 2. The van der Waals surface area contributed by atoms with E-state index in [4.69, 9.17) is 23.4 Å². The molecule has 1 aliphatic heterocycles. The molecule has 0 N–H and O–H groups in total. The van der Waals surface area contributed by atoms with E-state index in [1.54, 1.807) is 30.2 Å². The van der Waals surface area contributed by atoms with Crippen molar-refractivity contribution < 1.29 is 28.2 Å². The van der Waals surface area contributed by atoms with Crippen LogP contribution in [0.4, 0.5) is 0 Å². The van der Waals surface area contributed by atoms with E-state index < -0.39 is 0 Å². The molecule has 1 aromatic heterocycles. The molecule has 0 spiro atoms. The van der Waals surface area contributed by atoms with Crippen LogP contribution in [-0.4, -0.2) is 57.9 Å². The smallest absolute Gasteiger partial charge is 0.260 e. The SMILES string of the molecule is COc1ccc(-c2oc3cc(C)cc(C)c3c(=O)c2OCC(=O)N2CCOCC2)cc1OC. The lowest BCUT2D eigenvalue weighted by Crippen LogP contribution is -2.43. The average Bonchev–Trinajstić information content (AvgIpc) is 2.82. The number of ether oxygens (including phenoxy) is 4. The maximum Gasteiger partial charge on any atom is 0.260 e. The lowest BCUT2D eigenvalue weighted by molar-refractivity contribution is -0.137. The lowest BCUT2D eigenvalue weighted by Gasteiger charge is -2.26. The molecule has 8 heteroatoms. The average molecular weight is 453 g/mol. The summed E-state index contributed by atoms with van der Waals surface area (Å²) in [6, 6.07) is 8.92. The minimum absolute atomic E-state index is 0.0108. The summed E-state index contributed by atoms with van der Waals surface area (Å²) in [7, 11) is 3.08. The van der Waals surface area contributed by atoms with Crippen LogP contribution in [0.25, 0.3) is 22.3 Å². The Morgan fingerprint density at radius 2 is 1.76 bits per heavy atom. The Morgan fingerprint density at radius 1 is 1.03 bits per heavy atom. The summed E-state index contributed by atoms with van der Waals surface area (Å²) in [5.74, 6) is 1.03. The van der Waals surface area contributed by atoms with Gasteiger partial charge in [0.2, 0.25) is 11.2 Å². The molecule has 1 aliphatic rings. The third-order valence-corrected chi connectivity index (χ3v) is 5.64. The van der Waals surface area contributed by atoms with Crippen molar-refractivity contribution >= 4 is 16.9 Å². The van der Waals surface area contributed by atoms with Crippen LogP contribution in [0.3, 0.4) is 0 Å². The molecule has 0 aliphatic carbocycles. The third kappa shape index (κ3) is 4.52. The van der Waals surface area contributed by atoms with E-state index in [1.807, 2.05) is 26.0 Å². The standard InChI is InChI=1S/C25H27NO7/c1-15-11-16(2)22-20(12-15)33-24(17-5-6-18(29-3)19(13-17)30-4)25(23(22)28)32-14-21(27)26-7-9-31-10-8-26/h5-6,11-13H,7-10,14H2,1-4H3. The van der Waals surface area contributed by atoms with Crippen molar-refractivity contribution in [2.24, 2.45) is 0 Å². The normalized spacial score (nSPS) is 13.8. The maximum atomic E-state index is 13.5. The van der Waals surface area contributed by atoms with Gasteiger partial charge in [-0.1, -0.05) is 6.07 Å². The van der Waals surface area contributed by atoms with Gasteiger partial charge in [0.1, 0.15) is 5.58 Å². The quantitative estimate of drug-likeness (QED) is 0.566. The molecular weight excluding hydrogens is 426 g/mol. The van der Waals surface area contributed by atoms with Gasteiger partial charge in [0.15, 0.2) is 23.9 Å². The van der Waals surface area contributed by atoms with Gasteiger partial charge < -0.3 is 28.3 Å². The zero-order valence-electron chi connectivity index (χ0n) is 19.2. The number of methoxy groups -OCH3 is 2. The number of hydrogen-bond donors (Lipinski definition) is 0. The van der Waals surface area contributed by atoms with Gasteiger partial charge in [0.25, 0.3) is 5.91 Å². The summed E-state index contributed by atoms with van der Waals surface area (Å²) < 4.78 is 28.1. The fourth-order valence-electron chi connectivity index (χ4n) is 4.01. The molecule has 174 valence electrons. The van der Waals surface area contributed by atoms with E-state index in [9.17, 15) is 9.59 Å². The van der Waals surface area contributed by atoms with Crippen molar-refractivity contribution in [3.63, 3.8) is 0 Å². The Labute approximate surface area is 191 Å². The molecule has 8 nitrogen and oxygen atoms in total. The van der Waals surface area contributed by atoms with Gasteiger partial charge in [-0.25, -0.2) is 0 Å². The highest BCUT2D eigenvalue weighted by Crippen LogP contribution is 2.37. The van der Waals surface area contributed by atoms with E-state index in [0.29, 0.717) is 54.3 Å². The molecule has 3 aromatic rings. The number of rotatable bonds is 6. The highest BCUT2D eigenvalue weighted by atomic mass is 16.5. The number of morpholine rings is 1. The highest BCUT2D eigenvalue weighted by molar-refractivity contribution is 5.86. The molecule has 0 saturated carbocycles. The number of aryl methyl sites for hydroxylation is 2. The van der Waals surface area contributed by atoms with E-state index >= 15 is 0 Å². The molecule has 0 unspecified atom stereocenters. The van der Waals surface area contributed by atoms with Gasteiger partial charge in [-0.2, -0.15) is 0 Å². The first-order valence-corrected chi connectivity index (χ1v) is 10.7. The molecule has 33 heavy (non-hydrogen) atoms. The molecule has 0 radical (unpaired) electrons. The van der Waals surface area contributed by atoms with Crippen molar-refractivity contribution in [1.82, 2.24) is 4.90 Å². The zero-order valence-corrected chi connectivity index (χ0v) is 19.2. The summed E-state index contributed by atoms with van der Waals surface area (Å²) in [6.07, 6.45) is 0. The van der Waals surface area contributed by atoms with E-state index in [-0.39, 0.29) is 29.5 Å². The molecular formula is C25H27NO7. The van der Waals surface area contributed by atoms with Crippen molar-refractivity contribution in [3.8, 4) is 28.6 Å². The van der Waals surface area contributed by atoms with Gasteiger partial charge in [0, 0.05) is 18.7 Å². The van der Waals surface area contributed by atoms with Gasteiger partial charge >= 0.3 is 0 Å². The van der Waals surface area contributed by atoms with Crippen LogP contribution in [0.5, 0.6) is 17.2 Å². The van der Waals surface area contributed by atoms with Gasteiger partial charge in [-0.05, 0) is 49.2 Å². The second-order valence-electron chi connectivity index (χ2n) is 7.90. The van der Waals surface area contributed by atoms with Crippen molar-refractivity contribution in [1.29, 1.82) is 0 Å². The Hall–Kier alpha value is -3.52. The van der Waals surface area contributed by atoms with Crippen LogP contribution in [0, 0.1) is 13.8 Å². The predicted octanol–water partition coefficient (Wildman–Crippen LogP) is 3.33. The Morgan fingerprint density at radius 3 is 2.45 bits per heavy atom. The minimum Gasteiger partial charge on any atom is -0.493 e. The topological polar surface area (TPSA) is 87.4 Å². The van der Waals surface area contributed by atoms with Crippen molar-refractivity contribution in [3.05, 3.63) is 51.7 Å². The van der Waals surface area contributed by atoms with E-state index in [1.165, 1.54) is 7.11 Å². The number of fused-ring (bicyclic) bond motifs is 1. The largest absolute Gasteiger partial charge is 0.493 e. The van der Waals surface area contributed by atoms with E-state index in [2.05, 4.69) is 0 Å². The number of carbonyl (C=O) groups is 1. The number of amides is 1. The highest BCUT2D eigenvalue weighted by Gasteiger charge is 2.23. The van der Waals surface area contributed by atoms with Gasteiger partial charge in [-0.15, -0.1) is 0 Å². The van der Waals surface area contributed by atoms with Crippen LogP contribution in [0.1, 0.15) is 11.1 Å². The zero-order chi connectivity index (χ0) is 23.5. The number of carbonyl (C=O) groups excluding carboxylic acids is 1. The molecule has 1 amide bonds. The predicted molar refractivity (Wildman–Crippen MR) is 123 cm³/mol. The molecule has 0 bridgehead atoms. The molecule has 1 fully saturated rings. The summed E-state index contributed by atoms with van der Waals surface area (Å²) in [5, 5.41) is 0.429. The third-order valence-electron chi connectivity index (χ3n) is 5.64. The lowest BCUT2D eigenvalue weighted by atomic mass is 10.0. The molecule has 4 rings (SSSR count). The first-order chi connectivity index (χ1) is 15.9. The fraction of sp³-hybridized carbons (Fsp3) is 0.360. The van der Waals surface area contributed by atoms with Crippen molar-refractivity contribution in [2.45, 2.75) is 13.8 Å². The second kappa shape index (κ2) is 9.54. The number of nitrogens with zero attached hydrogens (tertiary/aromatic N) is 1. The van der Waals surface area contributed by atoms with Gasteiger partial charge in [-0.3, -0.25) is 9.59 Å². The monoisotopic (exact) mass is 453 g/mol. The van der Waals surface area contributed by atoms with Crippen LogP contribution < -0.4 is 19.6 Å². The summed E-state index contributed by atoms with van der Waals surface area (Å²) in [5.41, 5.74) is 2.45. The minimum atomic E-state index is -0.326. The fourth-order valence-corrected chi connectivity index (χ4v) is 4.01. The first-order valence-electron chi connectivity index (χ1n) is 10.7. The summed E-state index contributed by atoms with van der Waals surface area (Å²) in [4.78, 5) is 27.9. The Kier molecular flexibility index (Phi) is 6.55. The van der Waals surface area contributed by atoms with E-state index in [0.717, 1.165) is 11.1 Å². The van der Waals surface area contributed by atoms with Crippen molar-refractivity contribution in [2.75, 3.05) is 47.1 Å². The molecule has 2 heterocycles. The number of hydrogen-bond acceptors (Lipinski definition) is 7. The molecule has 2 aromatic carbocycles. The second-order valence-corrected chi connectivity index (χ2v) is 7.90. The van der Waals surface area contributed by atoms with Gasteiger partial charge in [0.05, 0.1) is 32.8 Å². The summed E-state index contributed by atoms with van der Waals surface area (Å²) >= 11 is 0. The molecule has 0 atom stereocenters. The maximum absolute atomic E-state index is 13.5.